The van der Waals surface area contributed by atoms with Gasteiger partial charge in [-0.05, 0) is 39.3 Å². The van der Waals surface area contributed by atoms with Crippen molar-refractivity contribution in [1.82, 2.24) is 25.4 Å². The summed E-state index contributed by atoms with van der Waals surface area (Å²) in [5.41, 5.74) is -0.355. The molecule has 0 spiro atoms. The van der Waals surface area contributed by atoms with Crippen LogP contribution in [0.1, 0.15) is 38.4 Å². The summed E-state index contributed by atoms with van der Waals surface area (Å²) >= 11 is 0. The van der Waals surface area contributed by atoms with E-state index in [0.29, 0.717) is 18.3 Å². The number of rotatable bonds is 6. The Morgan fingerprint density at radius 1 is 1.47 bits per heavy atom. The van der Waals surface area contributed by atoms with Gasteiger partial charge in [-0.1, -0.05) is 0 Å². The van der Waals surface area contributed by atoms with Crippen LogP contribution in [0.25, 0.3) is 0 Å². The second-order valence-electron chi connectivity index (χ2n) is 5.03. The molecule has 0 bridgehead atoms. The van der Waals surface area contributed by atoms with Gasteiger partial charge < -0.3 is 10.2 Å². The highest BCUT2D eigenvalue weighted by Crippen LogP contribution is 2.14. The third-order valence-electron chi connectivity index (χ3n) is 3.56. The summed E-state index contributed by atoms with van der Waals surface area (Å²) in [5, 5.41) is 8.74. The Labute approximate surface area is 111 Å². The first kappa shape index (κ1) is 13.8. The number of aromatic amines is 2. The number of carbonyl (C=O) groups excluding carboxylic acids is 1. The van der Waals surface area contributed by atoms with Crippen LogP contribution in [0.5, 0.6) is 0 Å². The Hall–Kier alpha value is -1.63. The van der Waals surface area contributed by atoms with Crippen LogP contribution >= 0.6 is 0 Å². The lowest BCUT2D eigenvalue weighted by molar-refractivity contribution is -0.121. The van der Waals surface area contributed by atoms with Crippen LogP contribution in [0.3, 0.4) is 0 Å². The first-order valence-electron chi connectivity index (χ1n) is 6.79. The van der Waals surface area contributed by atoms with E-state index in [9.17, 15) is 9.59 Å². The van der Waals surface area contributed by atoms with Gasteiger partial charge in [0.1, 0.15) is 5.82 Å². The van der Waals surface area contributed by atoms with E-state index in [4.69, 9.17) is 0 Å². The third-order valence-corrected chi connectivity index (χ3v) is 3.56. The van der Waals surface area contributed by atoms with E-state index in [2.05, 4.69) is 32.3 Å². The highest BCUT2D eigenvalue weighted by Gasteiger charge is 2.18. The molecule has 1 saturated heterocycles. The lowest BCUT2D eigenvalue weighted by Gasteiger charge is -2.23. The minimum Gasteiger partial charge on any atom is -0.349 e. The van der Waals surface area contributed by atoms with Crippen LogP contribution in [0.2, 0.25) is 0 Å². The summed E-state index contributed by atoms with van der Waals surface area (Å²) in [7, 11) is 0. The van der Waals surface area contributed by atoms with Gasteiger partial charge in [0, 0.05) is 12.5 Å². The lowest BCUT2D eigenvalue weighted by atomic mass is 10.1. The quantitative estimate of drug-likeness (QED) is 0.675. The number of nitrogens with zero attached hydrogens (tertiary/aromatic N) is 2. The van der Waals surface area contributed by atoms with E-state index in [1.165, 1.54) is 12.8 Å². The fourth-order valence-corrected chi connectivity index (χ4v) is 2.36. The van der Waals surface area contributed by atoms with Gasteiger partial charge in [-0.15, -0.1) is 0 Å². The summed E-state index contributed by atoms with van der Waals surface area (Å²) in [6, 6.07) is 0.457. The molecule has 1 aliphatic heterocycles. The van der Waals surface area contributed by atoms with Crippen molar-refractivity contribution in [2.45, 2.75) is 45.2 Å². The molecule has 1 aromatic heterocycles. The smallest absolute Gasteiger partial charge is 0.340 e. The van der Waals surface area contributed by atoms with Crippen molar-refractivity contribution in [1.29, 1.82) is 0 Å². The molecule has 1 atom stereocenters. The number of H-pyrrole nitrogens is 2. The second kappa shape index (κ2) is 6.51. The topological polar surface area (TPSA) is 93.9 Å². The summed E-state index contributed by atoms with van der Waals surface area (Å²) < 4.78 is 0. The maximum Gasteiger partial charge on any atom is 0.340 e. The summed E-state index contributed by atoms with van der Waals surface area (Å²) in [6.07, 6.45) is 3.90. The van der Waals surface area contributed by atoms with Gasteiger partial charge in [0.25, 0.3) is 0 Å². The molecule has 1 aliphatic rings. The van der Waals surface area contributed by atoms with Gasteiger partial charge in [0.2, 0.25) is 5.91 Å². The summed E-state index contributed by atoms with van der Waals surface area (Å²) in [6.45, 7) is 4.73. The van der Waals surface area contributed by atoms with Crippen molar-refractivity contribution < 1.29 is 4.79 Å². The molecule has 1 aromatic rings. The van der Waals surface area contributed by atoms with Crippen molar-refractivity contribution >= 4 is 5.91 Å². The van der Waals surface area contributed by atoms with Gasteiger partial charge in [-0.3, -0.25) is 9.78 Å². The van der Waals surface area contributed by atoms with Crippen molar-refractivity contribution in [3.63, 3.8) is 0 Å². The van der Waals surface area contributed by atoms with Crippen LogP contribution < -0.4 is 11.0 Å². The Morgan fingerprint density at radius 3 is 2.84 bits per heavy atom. The van der Waals surface area contributed by atoms with Crippen LogP contribution in [0.4, 0.5) is 0 Å². The lowest BCUT2D eigenvalue weighted by Crippen LogP contribution is -2.32. The van der Waals surface area contributed by atoms with Crippen LogP contribution in [0, 0.1) is 0 Å². The van der Waals surface area contributed by atoms with Gasteiger partial charge >= 0.3 is 5.69 Å². The van der Waals surface area contributed by atoms with E-state index < -0.39 is 0 Å². The predicted molar refractivity (Wildman–Crippen MR) is 70.6 cm³/mol. The third kappa shape index (κ3) is 4.20. The number of hydrogen-bond donors (Lipinski definition) is 3. The Kier molecular flexibility index (Phi) is 4.73. The monoisotopic (exact) mass is 267 g/mol. The molecule has 1 fully saturated rings. The number of aromatic nitrogens is 3. The van der Waals surface area contributed by atoms with Crippen LogP contribution in [-0.4, -0.2) is 45.1 Å². The zero-order chi connectivity index (χ0) is 13.7. The molecule has 2 heterocycles. The number of likely N-dealkylation sites (tertiary alicyclic amines) is 1. The van der Waals surface area contributed by atoms with Gasteiger partial charge in [-0.25, -0.2) is 9.89 Å². The van der Waals surface area contributed by atoms with Crippen molar-refractivity contribution in [2.75, 3.05) is 13.1 Å². The average Bonchev–Trinajstić information content (AvgIpc) is 3.04. The number of hydrogen-bond acceptors (Lipinski definition) is 4. The Balaban J connectivity index is 1.65. The van der Waals surface area contributed by atoms with Gasteiger partial charge in [0.15, 0.2) is 0 Å². The first-order valence-corrected chi connectivity index (χ1v) is 6.79. The molecule has 2 rings (SSSR count). The molecule has 106 valence electrons. The van der Waals surface area contributed by atoms with Gasteiger partial charge in [0.05, 0.1) is 6.54 Å². The fraction of sp³-hybridized carbons (Fsp3) is 0.750. The minimum absolute atomic E-state index is 0.00473. The fourth-order valence-electron chi connectivity index (χ4n) is 2.36. The molecule has 7 nitrogen and oxygen atoms in total. The molecule has 0 unspecified atom stereocenters. The molecule has 19 heavy (non-hydrogen) atoms. The normalized spacial score (nSPS) is 17.5. The summed E-state index contributed by atoms with van der Waals surface area (Å²) in [5.74, 6) is 0.445. The van der Waals surface area contributed by atoms with E-state index in [1.54, 1.807) is 0 Å². The molecule has 0 saturated carbocycles. The second-order valence-corrected chi connectivity index (χ2v) is 5.03. The van der Waals surface area contributed by atoms with Crippen molar-refractivity contribution in [3.8, 4) is 0 Å². The maximum absolute atomic E-state index is 11.7. The summed E-state index contributed by atoms with van der Waals surface area (Å²) in [4.78, 5) is 27.4. The predicted octanol–water partition coefficient (Wildman–Crippen LogP) is -0.0213. The van der Waals surface area contributed by atoms with E-state index in [0.717, 1.165) is 19.5 Å². The standard InChI is InChI=1S/C12H21N5O2/c1-9(17-6-2-3-7-17)4-5-11(18)13-8-10-14-12(19)16-15-10/h9H,2-8H2,1H3,(H,13,18)(H2,14,15,16,19)/t9-/m0/s1. The molecular weight excluding hydrogens is 246 g/mol. The Bertz CT molecular complexity index is 461. The number of nitrogens with one attached hydrogen (secondary N) is 3. The first-order chi connectivity index (χ1) is 9.15. The highest BCUT2D eigenvalue weighted by molar-refractivity contribution is 5.75. The van der Waals surface area contributed by atoms with Crippen LogP contribution in [0.15, 0.2) is 4.79 Å². The molecular formula is C12H21N5O2. The van der Waals surface area contributed by atoms with E-state index in [-0.39, 0.29) is 18.1 Å². The Morgan fingerprint density at radius 2 is 2.21 bits per heavy atom. The molecule has 1 amide bonds. The maximum atomic E-state index is 11.7. The largest absolute Gasteiger partial charge is 0.349 e. The molecule has 7 heteroatoms. The van der Waals surface area contributed by atoms with Crippen LogP contribution in [-0.2, 0) is 11.3 Å². The molecule has 3 N–H and O–H groups in total. The van der Waals surface area contributed by atoms with E-state index >= 15 is 0 Å². The number of carbonyl (C=O) groups is 1. The zero-order valence-electron chi connectivity index (χ0n) is 11.2. The molecule has 0 aliphatic carbocycles. The SMILES string of the molecule is C[C@@H](CCC(=O)NCc1n[nH]c(=O)[nH]1)N1CCCC1. The zero-order valence-corrected chi connectivity index (χ0v) is 11.2. The minimum atomic E-state index is -0.355. The highest BCUT2D eigenvalue weighted by atomic mass is 16.2. The van der Waals surface area contributed by atoms with Crippen molar-refractivity contribution in [2.24, 2.45) is 0 Å². The van der Waals surface area contributed by atoms with Gasteiger partial charge in [-0.2, -0.15) is 5.10 Å². The number of amides is 1. The molecule has 0 aromatic carbocycles. The molecule has 0 radical (unpaired) electrons. The van der Waals surface area contributed by atoms with E-state index in [1.807, 2.05) is 0 Å². The average molecular weight is 267 g/mol. The van der Waals surface area contributed by atoms with Crippen molar-refractivity contribution in [3.05, 3.63) is 16.3 Å².